The number of aliphatic hydroxyl groups is 1. The van der Waals surface area contributed by atoms with Crippen LogP contribution in [-0.2, 0) is 6.61 Å². The van der Waals surface area contributed by atoms with Crippen molar-refractivity contribution in [3.8, 4) is 0 Å². The Morgan fingerprint density at radius 3 is 2.75 bits per heavy atom. The molecule has 2 rings (SSSR count). The molecule has 1 saturated carbocycles. The first kappa shape index (κ1) is 7.74. The third kappa shape index (κ3) is 1.34. The highest BCUT2D eigenvalue weighted by Gasteiger charge is 2.25. The van der Waals surface area contributed by atoms with Crippen LogP contribution in [0.4, 0.5) is 4.39 Å². The van der Waals surface area contributed by atoms with E-state index in [1.54, 1.807) is 6.07 Å². The Hall–Kier alpha value is -0.890. The van der Waals surface area contributed by atoms with Crippen LogP contribution in [0.3, 0.4) is 0 Å². The van der Waals surface area contributed by atoms with Gasteiger partial charge in [0.25, 0.3) is 0 Å². The summed E-state index contributed by atoms with van der Waals surface area (Å²) in [6.07, 6.45) is 2.36. The van der Waals surface area contributed by atoms with Crippen LogP contribution in [0.1, 0.15) is 29.9 Å². The molecule has 1 nitrogen and oxygen atoms in total. The quantitative estimate of drug-likeness (QED) is 0.714. The second-order valence-electron chi connectivity index (χ2n) is 3.28. The summed E-state index contributed by atoms with van der Waals surface area (Å²) < 4.78 is 12.7. The Kier molecular flexibility index (Phi) is 1.85. The van der Waals surface area contributed by atoms with Gasteiger partial charge in [-0.2, -0.15) is 0 Å². The Balaban J connectivity index is 2.38. The normalized spacial score (nSPS) is 16.5. The van der Waals surface area contributed by atoms with Gasteiger partial charge in [-0.1, -0.05) is 6.07 Å². The average molecular weight is 166 g/mol. The van der Waals surface area contributed by atoms with Crippen molar-refractivity contribution in [2.45, 2.75) is 25.4 Å². The smallest absolute Gasteiger partial charge is 0.123 e. The summed E-state index contributed by atoms with van der Waals surface area (Å²) in [6.45, 7) is -0.0520. The Morgan fingerprint density at radius 2 is 2.17 bits per heavy atom. The van der Waals surface area contributed by atoms with Crippen molar-refractivity contribution in [3.63, 3.8) is 0 Å². The number of hydrogen-bond donors (Lipinski definition) is 1. The molecule has 1 aliphatic rings. The molecule has 0 aliphatic heterocycles. The number of rotatable bonds is 2. The van der Waals surface area contributed by atoms with E-state index in [0.29, 0.717) is 5.92 Å². The van der Waals surface area contributed by atoms with Crippen molar-refractivity contribution in [1.82, 2.24) is 0 Å². The molecule has 1 aromatic carbocycles. The first-order valence-corrected chi connectivity index (χ1v) is 4.20. The van der Waals surface area contributed by atoms with Crippen LogP contribution < -0.4 is 0 Å². The summed E-state index contributed by atoms with van der Waals surface area (Å²) in [5, 5.41) is 8.95. The molecule has 1 aromatic rings. The van der Waals surface area contributed by atoms with E-state index in [4.69, 9.17) is 5.11 Å². The molecule has 0 atom stereocenters. The first-order chi connectivity index (χ1) is 5.81. The van der Waals surface area contributed by atoms with Crippen LogP contribution >= 0.6 is 0 Å². The van der Waals surface area contributed by atoms with Gasteiger partial charge in [-0.15, -0.1) is 0 Å². The summed E-state index contributed by atoms with van der Waals surface area (Å²) in [5.41, 5.74) is 1.87. The number of halogens is 1. The summed E-state index contributed by atoms with van der Waals surface area (Å²) in [7, 11) is 0. The molecule has 0 unspecified atom stereocenters. The van der Waals surface area contributed by atoms with Gasteiger partial charge in [0.1, 0.15) is 5.82 Å². The van der Waals surface area contributed by atoms with Crippen molar-refractivity contribution < 1.29 is 9.50 Å². The van der Waals surface area contributed by atoms with E-state index >= 15 is 0 Å². The van der Waals surface area contributed by atoms with Gasteiger partial charge in [-0.25, -0.2) is 4.39 Å². The third-order valence-electron chi connectivity index (χ3n) is 2.29. The zero-order chi connectivity index (χ0) is 8.55. The fourth-order valence-corrected chi connectivity index (χ4v) is 1.50. The lowest BCUT2D eigenvalue weighted by Gasteiger charge is -2.04. The lowest BCUT2D eigenvalue weighted by molar-refractivity contribution is 0.280. The molecule has 2 heteroatoms. The highest BCUT2D eigenvalue weighted by atomic mass is 19.1. The predicted octanol–water partition coefficient (Wildman–Crippen LogP) is 2.20. The van der Waals surface area contributed by atoms with Gasteiger partial charge >= 0.3 is 0 Å². The van der Waals surface area contributed by atoms with Crippen molar-refractivity contribution in [2.24, 2.45) is 0 Å². The van der Waals surface area contributed by atoms with Gasteiger partial charge in [-0.05, 0) is 42.0 Å². The third-order valence-corrected chi connectivity index (χ3v) is 2.29. The zero-order valence-electron chi connectivity index (χ0n) is 6.76. The van der Waals surface area contributed by atoms with Crippen LogP contribution in [0.25, 0.3) is 0 Å². The van der Waals surface area contributed by atoms with E-state index < -0.39 is 0 Å². The maximum Gasteiger partial charge on any atom is 0.123 e. The van der Waals surface area contributed by atoms with Crippen LogP contribution in [0.5, 0.6) is 0 Å². The molecule has 1 fully saturated rings. The lowest BCUT2D eigenvalue weighted by atomic mass is 10.0. The molecular formula is C10H11FO. The largest absolute Gasteiger partial charge is 0.392 e. The van der Waals surface area contributed by atoms with Crippen LogP contribution in [0.2, 0.25) is 0 Å². The summed E-state index contributed by atoms with van der Waals surface area (Å²) >= 11 is 0. The molecule has 0 aromatic heterocycles. The number of hydrogen-bond acceptors (Lipinski definition) is 1. The van der Waals surface area contributed by atoms with Gasteiger partial charge in [0.15, 0.2) is 0 Å². The Bertz CT molecular complexity index is 292. The first-order valence-electron chi connectivity index (χ1n) is 4.20. The molecule has 0 bridgehead atoms. The van der Waals surface area contributed by atoms with Crippen LogP contribution in [0.15, 0.2) is 18.2 Å². The molecule has 12 heavy (non-hydrogen) atoms. The van der Waals surface area contributed by atoms with Crippen LogP contribution in [0, 0.1) is 5.82 Å². The highest BCUT2D eigenvalue weighted by molar-refractivity contribution is 5.33. The minimum Gasteiger partial charge on any atom is -0.392 e. The van der Waals surface area contributed by atoms with Gasteiger partial charge in [0.2, 0.25) is 0 Å². The predicted molar refractivity (Wildman–Crippen MR) is 44.3 cm³/mol. The van der Waals surface area contributed by atoms with E-state index in [1.807, 2.05) is 0 Å². The fraction of sp³-hybridized carbons (Fsp3) is 0.400. The fourth-order valence-electron chi connectivity index (χ4n) is 1.50. The minimum atomic E-state index is -0.261. The van der Waals surface area contributed by atoms with Gasteiger partial charge < -0.3 is 5.11 Å². The second-order valence-corrected chi connectivity index (χ2v) is 3.28. The Morgan fingerprint density at radius 1 is 1.42 bits per heavy atom. The molecule has 0 saturated heterocycles. The van der Waals surface area contributed by atoms with E-state index in [9.17, 15) is 4.39 Å². The maximum atomic E-state index is 12.7. The Labute approximate surface area is 70.8 Å². The average Bonchev–Trinajstić information content (AvgIpc) is 2.87. The number of benzene rings is 1. The standard InChI is InChI=1S/C10H11FO/c11-9-3-4-10(7-1-2-7)8(5-9)6-12/h3-5,7,12H,1-2,6H2. The molecular weight excluding hydrogens is 155 g/mol. The molecule has 0 heterocycles. The van der Waals surface area contributed by atoms with E-state index in [2.05, 4.69) is 0 Å². The van der Waals surface area contributed by atoms with E-state index in [-0.39, 0.29) is 12.4 Å². The molecule has 1 N–H and O–H groups in total. The highest BCUT2D eigenvalue weighted by Crippen LogP contribution is 2.41. The molecule has 0 radical (unpaired) electrons. The maximum absolute atomic E-state index is 12.7. The van der Waals surface area contributed by atoms with Crippen molar-refractivity contribution in [3.05, 3.63) is 35.1 Å². The molecule has 0 amide bonds. The summed E-state index contributed by atoms with van der Waals surface area (Å²) in [6, 6.07) is 4.68. The van der Waals surface area contributed by atoms with Gasteiger partial charge in [-0.3, -0.25) is 0 Å². The molecule has 64 valence electrons. The SMILES string of the molecule is OCc1cc(F)ccc1C1CC1. The van der Waals surface area contributed by atoms with Gasteiger partial charge in [0.05, 0.1) is 6.61 Å². The number of aliphatic hydroxyl groups excluding tert-OH is 1. The zero-order valence-corrected chi connectivity index (χ0v) is 6.76. The molecule has 1 aliphatic carbocycles. The molecule has 0 spiro atoms. The van der Waals surface area contributed by atoms with Crippen molar-refractivity contribution >= 4 is 0 Å². The minimum absolute atomic E-state index is 0.0520. The topological polar surface area (TPSA) is 20.2 Å². The summed E-state index contributed by atoms with van der Waals surface area (Å²) in [5.74, 6) is 0.316. The second kappa shape index (κ2) is 2.87. The van der Waals surface area contributed by atoms with Crippen molar-refractivity contribution in [1.29, 1.82) is 0 Å². The van der Waals surface area contributed by atoms with E-state index in [1.165, 1.54) is 25.0 Å². The summed E-state index contributed by atoms with van der Waals surface area (Å²) in [4.78, 5) is 0. The van der Waals surface area contributed by atoms with Crippen LogP contribution in [-0.4, -0.2) is 5.11 Å². The van der Waals surface area contributed by atoms with Gasteiger partial charge in [0, 0.05) is 0 Å². The lowest BCUT2D eigenvalue weighted by Crippen LogP contribution is -1.92. The van der Waals surface area contributed by atoms with Crippen molar-refractivity contribution in [2.75, 3.05) is 0 Å². The monoisotopic (exact) mass is 166 g/mol. The van der Waals surface area contributed by atoms with E-state index in [0.717, 1.165) is 11.1 Å².